The van der Waals surface area contributed by atoms with Crippen molar-refractivity contribution in [3.63, 3.8) is 0 Å². The summed E-state index contributed by atoms with van der Waals surface area (Å²) in [5, 5.41) is 46.3. The first-order valence-electron chi connectivity index (χ1n) is 19.8. The largest absolute Gasteiger partial charge is 0.393 e. The number of rotatable bonds is 8. The van der Waals surface area contributed by atoms with E-state index in [0.29, 0.717) is 24.7 Å². The molecule has 7 nitrogen and oxygen atoms in total. The van der Waals surface area contributed by atoms with E-state index < -0.39 is 34.7 Å². The van der Waals surface area contributed by atoms with Gasteiger partial charge < -0.3 is 25.0 Å². The second-order valence-corrected chi connectivity index (χ2v) is 19.0. The van der Waals surface area contributed by atoms with E-state index in [2.05, 4.69) is 44.2 Å². The molecule has 6 aliphatic rings. The van der Waals surface area contributed by atoms with Gasteiger partial charge in [0, 0.05) is 30.3 Å². The monoisotopic (exact) mass is 676 g/mol. The zero-order chi connectivity index (χ0) is 35.0. The number of aryl methyl sites for hydroxylation is 1. The summed E-state index contributed by atoms with van der Waals surface area (Å²) < 4.78 is 2.17. The smallest absolute Gasteiger partial charge is 0.159 e. The molecule has 5 fully saturated rings. The molecular formula is C42H64N2O5. The van der Waals surface area contributed by atoms with E-state index in [1.165, 1.54) is 50.5 Å². The Morgan fingerprint density at radius 3 is 2.49 bits per heavy atom. The molecule has 7 heteroatoms. The van der Waals surface area contributed by atoms with Gasteiger partial charge in [-0.2, -0.15) is 0 Å². The second-order valence-electron chi connectivity index (χ2n) is 19.0. The number of hydrogen-bond donors (Lipinski definition) is 4. The van der Waals surface area contributed by atoms with Crippen molar-refractivity contribution < 1.29 is 25.2 Å². The van der Waals surface area contributed by atoms with Crippen LogP contribution in [0.4, 0.5) is 0 Å². The van der Waals surface area contributed by atoms with Crippen molar-refractivity contribution >= 4 is 5.78 Å². The summed E-state index contributed by atoms with van der Waals surface area (Å²) in [6.07, 6.45) is 21.1. The maximum Gasteiger partial charge on any atom is 0.159 e. The highest BCUT2D eigenvalue weighted by molar-refractivity contribution is 5.95. The number of ketones is 1. The normalized spacial score (nSPS) is 41.1. The Labute approximate surface area is 294 Å². The molecular weight excluding hydrogens is 612 g/mol. The number of imidazole rings is 1. The van der Waals surface area contributed by atoms with Crippen LogP contribution in [0.25, 0.3) is 0 Å². The predicted molar refractivity (Wildman–Crippen MR) is 191 cm³/mol. The predicted octanol–water partition coefficient (Wildman–Crippen LogP) is 7.32. The van der Waals surface area contributed by atoms with Crippen molar-refractivity contribution in [2.45, 2.75) is 168 Å². The van der Waals surface area contributed by atoms with Crippen molar-refractivity contribution in [3.8, 4) is 0 Å². The van der Waals surface area contributed by atoms with Gasteiger partial charge in [-0.05, 0) is 136 Å². The molecule has 6 aliphatic carbocycles. The van der Waals surface area contributed by atoms with Gasteiger partial charge in [0.2, 0.25) is 0 Å². The van der Waals surface area contributed by atoms with Crippen LogP contribution in [0.15, 0.2) is 41.5 Å². The molecule has 1 aromatic heterocycles. The van der Waals surface area contributed by atoms with Gasteiger partial charge in [-0.25, -0.2) is 4.98 Å². The van der Waals surface area contributed by atoms with Crippen LogP contribution in [-0.4, -0.2) is 59.7 Å². The lowest BCUT2D eigenvalue weighted by Gasteiger charge is -2.60. The van der Waals surface area contributed by atoms with Crippen LogP contribution < -0.4 is 0 Å². The van der Waals surface area contributed by atoms with Crippen LogP contribution in [0.2, 0.25) is 0 Å². The lowest BCUT2D eigenvalue weighted by Crippen LogP contribution is -2.61. The highest BCUT2D eigenvalue weighted by Gasteiger charge is 2.67. The minimum Gasteiger partial charge on any atom is -0.393 e. The number of allylic oxidation sites excluding steroid dienone is 2. The number of aromatic nitrogens is 2. The van der Waals surface area contributed by atoms with Crippen LogP contribution in [0, 0.1) is 45.3 Å². The summed E-state index contributed by atoms with van der Waals surface area (Å²) in [5.41, 5.74) is 2.31. The summed E-state index contributed by atoms with van der Waals surface area (Å²) in [5.74, 6) is -0.194. The minimum absolute atomic E-state index is 0.00406. The average molecular weight is 677 g/mol. The summed E-state index contributed by atoms with van der Waals surface area (Å²) >= 11 is 0. The molecule has 0 bridgehead atoms. The summed E-state index contributed by atoms with van der Waals surface area (Å²) in [6.45, 7) is 12.2. The molecule has 1 spiro atoms. The fraction of sp³-hybridized carbons (Fsp3) is 0.810. The van der Waals surface area contributed by atoms with Gasteiger partial charge in [0.15, 0.2) is 5.78 Å². The van der Waals surface area contributed by atoms with E-state index in [1.807, 2.05) is 18.7 Å². The molecule has 1 aromatic rings. The Morgan fingerprint density at radius 2 is 1.78 bits per heavy atom. The fourth-order valence-corrected chi connectivity index (χ4v) is 12.9. The van der Waals surface area contributed by atoms with E-state index in [9.17, 15) is 25.2 Å². The minimum atomic E-state index is -1.11. The Morgan fingerprint density at radius 1 is 1.04 bits per heavy atom. The molecule has 0 saturated heterocycles. The highest BCUT2D eigenvalue weighted by Crippen LogP contribution is 2.68. The second kappa shape index (κ2) is 12.7. The van der Waals surface area contributed by atoms with Crippen LogP contribution in [0.1, 0.15) is 137 Å². The first-order chi connectivity index (χ1) is 23.1. The van der Waals surface area contributed by atoms with E-state index in [1.54, 1.807) is 11.6 Å². The molecule has 272 valence electrons. The van der Waals surface area contributed by atoms with Crippen LogP contribution in [-0.2, 0) is 11.3 Å². The van der Waals surface area contributed by atoms with Gasteiger partial charge in [-0.15, -0.1) is 0 Å². The maximum absolute atomic E-state index is 13.7. The summed E-state index contributed by atoms with van der Waals surface area (Å²) in [6, 6.07) is 0. The zero-order valence-electron chi connectivity index (χ0n) is 31.0. The van der Waals surface area contributed by atoms with Gasteiger partial charge in [0.1, 0.15) is 0 Å². The highest BCUT2D eigenvalue weighted by atomic mass is 16.3. The number of aliphatic hydroxyl groups excluding tert-OH is 3. The Hall–Kier alpha value is -1.80. The average Bonchev–Trinajstić information content (AvgIpc) is 3.80. The Bertz CT molecular complexity index is 1460. The quantitative estimate of drug-likeness (QED) is 0.215. The molecule has 7 rings (SSSR count). The third kappa shape index (κ3) is 5.85. The lowest BCUT2D eigenvalue weighted by molar-refractivity contribution is -0.154. The zero-order valence-corrected chi connectivity index (χ0v) is 31.0. The molecule has 0 radical (unpaired) electrons. The first-order valence-corrected chi connectivity index (χ1v) is 19.8. The van der Waals surface area contributed by atoms with E-state index >= 15 is 0 Å². The molecule has 0 aliphatic heterocycles. The number of aliphatic hydroxyl groups is 4. The van der Waals surface area contributed by atoms with Crippen molar-refractivity contribution in [2.24, 2.45) is 45.3 Å². The van der Waals surface area contributed by atoms with Gasteiger partial charge >= 0.3 is 0 Å². The van der Waals surface area contributed by atoms with Gasteiger partial charge in [-0.3, -0.25) is 4.79 Å². The van der Waals surface area contributed by atoms with Crippen molar-refractivity contribution in [1.82, 2.24) is 9.55 Å². The Kier molecular flexibility index (Phi) is 9.23. The molecule has 49 heavy (non-hydrogen) atoms. The number of carbonyl (C=O) groups is 1. The van der Waals surface area contributed by atoms with Gasteiger partial charge in [-0.1, -0.05) is 58.6 Å². The molecule has 1 heterocycles. The molecule has 5 saturated carbocycles. The van der Waals surface area contributed by atoms with Gasteiger partial charge in [0.05, 0.1) is 30.2 Å². The number of fused-ring (bicyclic) bond motifs is 5. The number of nitrogens with zero attached hydrogens (tertiary/aromatic N) is 2. The van der Waals surface area contributed by atoms with Crippen molar-refractivity contribution in [2.75, 3.05) is 0 Å². The summed E-state index contributed by atoms with van der Waals surface area (Å²) in [7, 11) is 0. The van der Waals surface area contributed by atoms with E-state index in [0.717, 1.165) is 44.2 Å². The maximum atomic E-state index is 13.7. The number of hydrogen-bond acceptors (Lipinski definition) is 6. The molecule has 0 aromatic carbocycles. The fourth-order valence-electron chi connectivity index (χ4n) is 12.9. The molecule has 4 N–H and O–H groups in total. The molecule has 0 unspecified atom stereocenters. The summed E-state index contributed by atoms with van der Waals surface area (Å²) in [4.78, 5) is 17.9. The topological polar surface area (TPSA) is 116 Å². The van der Waals surface area contributed by atoms with Crippen LogP contribution in [0.3, 0.4) is 0 Å². The van der Waals surface area contributed by atoms with E-state index in [4.69, 9.17) is 0 Å². The van der Waals surface area contributed by atoms with E-state index in [-0.39, 0.29) is 41.3 Å². The molecule has 0 amide bonds. The van der Waals surface area contributed by atoms with Crippen molar-refractivity contribution in [3.05, 3.63) is 41.5 Å². The SMILES string of the molecule is C[C@H]([C@H](O)C/C(=C1/CCCC2(CCCC2)C1)C(C)(C)CCn1ccnc1)[C@H]1CC[C@@]2(O)C3=CC(=O)[C@@H]4C[C@@H](O)[C@@H](O)C[C@]4(C)[C@H]3CC[C@]12C. The third-order valence-electron chi connectivity index (χ3n) is 16.1. The van der Waals surface area contributed by atoms with Crippen LogP contribution in [0.5, 0.6) is 0 Å². The molecule has 10 atom stereocenters. The van der Waals surface area contributed by atoms with Crippen LogP contribution >= 0.6 is 0 Å². The Balaban J connectivity index is 1.15. The first kappa shape index (κ1) is 35.6. The van der Waals surface area contributed by atoms with Crippen molar-refractivity contribution in [1.29, 1.82) is 0 Å². The number of carbonyl (C=O) groups excluding carboxylic acids is 1. The van der Waals surface area contributed by atoms with Gasteiger partial charge in [0.25, 0.3) is 0 Å². The third-order valence-corrected chi connectivity index (χ3v) is 16.1. The lowest BCUT2D eigenvalue weighted by atomic mass is 9.46. The standard InChI is InChI=1S/C42H64N2O5/c1-27(29-11-16-42(49)32-22-35(46)33-23-36(47)37(48)25-39(33,4)30(32)10-15-40(29,42)5)34(45)21-31(38(2,3)17-19-44-20-18-43-26-44)28-9-8-14-41(24-28)12-6-7-13-41/h18,20,22,26-27,29-30,33-34,36-37,45,47-49H,6-17,19,21,23-25H2,1-5H3/b31-28+/t27-,29+,30-,33-,34+,36+,37-,39+,40+,42+/m0/s1.